The molecule has 24 heavy (non-hydrogen) atoms. The van der Waals surface area contributed by atoms with Gasteiger partial charge < -0.3 is 4.57 Å². The van der Waals surface area contributed by atoms with Crippen molar-refractivity contribution in [2.24, 2.45) is 0 Å². The van der Waals surface area contributed by atoms with Gasteiger partial charge in [-0.1, -0.05) is 19.1 Å². The molecule has 0 N–H and O–H groups in total. The highest BCUT2D eigenvalue weighted by Crippen LogP contribution is 2.42. The van der Waals surface area contributed by atoms with Gasteiger partial charge in [-0.15, -0.1) is 0 Å². The number of aryl methyl sites for hydroxylation is 1. The Morgan fingerprint density at radius 2 is 2.00 bits per heavy atom. The van der Waals surface area contributed by atoms with E-state index in [0.29, 0.717) is 22.3 Å². The molecule has 1 saturated carbocycles. The summed E-state index contributed by atoms with van der Waals surface area (Å²) in [4.78, 5) is 9.65. The first-order chi connectivity index (χ1) is 11.5. The number of hydrogen-bond acceptors (Lipinski definition) is 4. The van der Waals surface area contributed by atoms with Crippen LogP contribution in [0.3, 0.4) is 0 Å². The van der Waals surface area contributed by atoms with Gasteiger partial charge in [0.15, 0.2) is 15.5 Å². The van der Waals surface area contributed by atoms with E-state index in [-0.39, 0.29) is 5.75 Å². The summed E-state index contributed by atoms with van der Waals surface area (Å²) in [6, 6.07) is 9.50. The number of fused-ring (bicyclic) bond motifs is 1. The Kier molecular flexibility index (Phi) is 3.46. The van der Waals surface area contributed by atoms with Gasteiger partial charge in [-0.25, -0.2) is 18.4 Å². The van der Waals surface area contributed by atoms with Gasteiger partial charge in [-0.05, 0) is 43.5 Å². The van der Waals surface area contributed by atoms with Gasteiger partial charge in [0.05, 0.1) is 10.6 Å². The van der Waals surface area contributed by atoms with Gasteiger partial charge in [-0.3, -0.25) is 0 Å². The second-order valence-corrected chi connectivity index (χ2v) is 8.54. The second kappa shape index (κ2) is 5.41. The molecule has 0 radical (unpaired) electrons. The number of hydrogen-bond donors (Lipinski definition) is 0. The van der Waals surface area contributed by atoms with E-state index in [1.54, 1.807) is 19.1 Å². The fourth-order valence-electron chi connectivity index (χ4n) is 3.03. The van der Waals surface area contributed by atoms with Gasteiger partial charge in [0.25, 0.3) is 0 Å². The SMILES string of the molecule is CCS(=O)(=O)c1ccccc1-c1nc2cc(C)cnc2n1C1CC1. The molecular formula is C18H19N3O2S. The lowest BCUT2D eigenvalue weighted by molar-refractivity contribution is 0.597. The average Bonchev–Trinajstić information content (AvgIpc) is 3.35. The summed E-state index contributed by atoms with van der Waals surface area (Å²) in [5.41, 5.74) is 3.37. The number of sulfone groups is 1. The topological polar surface area (TPSA) is 64.8 Å². The Morgan fingerprint density at radius 3 is 2.71 bits per heavy atom. The van der Waals surface area contributed by atoms with Crippen LogP contribution in [0.25, 0.3) is 22.6 Å². The van der Waals surface area contributed by atoms with Crippen molar-refractivity contribution >= 4 is 21.0 Å². The van der Waals surface area contributed by atoms with Crippen molar-refractivity contribution in [3.05, 3.63) is 42.1 Å². The van der Waals surface area contributed by atoms with Crippen LogP contribution in [0.2, 0.25) is 0 Å². The zero-order valence-electron chi connectivity index (χ0n) is 13.7. The van der Waals surface area contributed by atoms with Crippen LogP contribution in [0, 0.1) is 6.92 Å². The normalized spacial score (nSPS) is 15.1. The van der Waals surface area contributed by atoms with Crippen LogP contribution in [0.1, 0.15) is 31.4 Å². The number of rotatable bonds is 4. The first kappa shape index (κ1) is 15.3. The zero-order valence-corrected chi connectivity index (χ0v) is 14.5. The monoisotopic (exact) mass is 341 g/mol. The molecular weight excluding hydrogens is 322 g/mol. The van der Waals surface area contributed by atoms with Crippen LogP contribution in [0.15, 0.2) is 41.4 Å². The fourth-order valence-corrected chi connectivity index (χ4v) is 4.12. The lowest BCUT2D eigenvalue weighted by Crippen LogP contribution is -2.07. The maximum absolute atomic E-state index is 12.5. The Labute approximate surface area is 141 Å². The summed E-state index contributed by atoms with van der Waals surface area (Å²) >= 11 is 0. The van der Waals surface area contributed by atoms with Gasteiger partial charge in [0.1, 0.15) is 11.3 Å². The summed E-state index contributed by atoms with van der Waals surface area (Å²) in [6.45, 7) is 3.65. The molecule has 0 bridgehead atoms. The molecule has 2 heterocycles. The Balaban J connectivity index is 2.03. The summed E-state index contributed by atoms with van der Waals surface area (Å²) in [5, 5.41) is 0. The molecule has 6 heteroatoms. The largest absolute Gasteiger partial charge is 0.306 e. The highest BCUT2D eigenvalue weighted by Gasteiger charge is 2.31. The van der Waals surface area contributed by atoms with Gasteiger partial charge in [-0.2, -0.15) is 0 Å². The minimum Gasteiger partial charge on any atom is -0.306 e. The highest BCUT2D eigenvalue weighted by molar-refractivity contribution is 7.91. The van der Waals surface area contributed by atoms with E-state index in [0.717, 1.165) is 29.6 Å². The van der Waals surface area contributed by atoms with Crippen LogP contribution in [0.5, 0.6) is 0 Å². The molecule has 0 aliphatic heterocycles. The van der Waals surface area contributed by atoms with E-state index in [9.17, 15) is 8.42 Å². The van der Waals surface area contributed by atoms with E-state index in [1.165, 1.54) is 0 Å². The molecule has 5 nitrogen and oxygen atoms in total. The van der Waals surface area contributed by atoms with Crippen molar-refractivity contribution in [1.29, 1.82) is 0 Å². The van der Waals surface area contributed by atoms with Crippen LogP contribution in [-0.2, 0) is 9.84 Å². The number of imidazole rings is 1. The molecule has 124 valence electrons. The van der Waals surface area contributed by atoms with Gasteiger partial charge in [0, 0.05) is 17.8 Å². The molecule has 1 fully saturated rings. The van der Waals surface area contributed by atoms with Gasteiger partial charge >= 0.3 is 0 Å². The molecule has 0 amide bonds. The first-order valence-electron chi connectivity index (χ1n) is 8.18. The lowest BCUT2D eigenvalue weighted by atomic mass is 10.2. The number of nitrogens with zero attached hydrogens (tertiary/aromatic N) is 3. The number of benzene rings is 1. The first-order valence-corrected chi connectivity index (χ1v) is 9.83. The van der Waals surface area contributed by atoms with E-state index < -0.39 is 9.84 Å². The van der Waals surface area contributed by atoms with Crippen LogP contribution in [-0.4, -0.2) is 28.7 Å². The highest BCUT2D eigenvalue weighted by atomic mass is 32.2. The third kappa shape index (κ3) is 2.41. The maximum Gasteiger partial charge on any atom is 0.178 e. The molecule has 0 saturated heterocycles. The average molecular weight is 341 g/mol. The molecule has 3 aromatic rings. The quantitative estimate of drug-likeness (QED) is 0.728. The Bertz CT molecular complexity index is 1030. The van der Waals surface area contributed by atoms with Gasteiger partial charge in [0.2, 0.25) is 0 Å². The molecule has 2 aromatic heterocycles. The van der Waals surface area contributed by atoms with Crippen LogP contribution >= 0.6 is 0 Å². The maximum atomic E-state index is 12.5. The Hall–Kier alpha value is -2.21. The molecule has 4 rings (SSSR count). The molecule has 0 unspecified atom stereocenters. The summed E-state index contributed by atoms with van der Waals surface area (Å²) in [5.74, 6) is 0.781. The minimum absolute atomic E-state index is 0.0744. The van der Waals surface area contributed by atoms with Crippen molar-refractivity contribution in [1.82, 2.24) is 14.5 Å². The van der Waals surface area contributed by atoms with Crippen molar-refractivity contribution in [3.63, 3.8) is 0 Å². The molecule has 0 atom stereocenters. The molecule has 1 aliphatic carbocycles. The number of aromatic nitrogens is 3. The lowest BCUT2D eigenvalue weighted by Gasteiger charge is -2.11. The van der Waals surface area contributed by atoms with Crippen molar-refractivity contribution in [2.75, 3.05) is 5.75 Å². The predicted octanol–water partition coefficient (Wildman–Crippen LogP) is 3.54. The van der Waals surface area contributed by atoms with E-state index in [2.05, 4.69) is 9.55 Å². The van der Waals surface area contributed by atoms with Crippen LogP contribution in [0.4, 0.5) is 0 Å². The second-order valence-electron chi connectivity index (χ2n) is 6.29. The third-order valence-electron chi connectivity index (χ3n) is 4.42. The predicted molar refractivity (Wildman–Crippen MR) is 93.7 cm³/mol. The fraction of sp³-hybridized carbons (Fsp3) is 0.333. The van der Waals surface area contributed by atoms with E-state index >= 15 is 0 Å². The van der Waals surface area contributed by atoms with Crippen molar-refractivity contribution in [3.8, 4) is 11.4 Å². The van der Waals surface area contributed by atoms with E-state index in [4.69, 9.17) is 4.98 Å². The molecule has 1 aromatic carbocycles. The molecule has 0 spiro atoms. The smallest absolute Gasteiger partial charge is 0.178 e. The molecule has 1 aliphatic rings. The summed E-state index contributed by atoms with van der Waals surface area (Å²) < 4.78 is 27.1. The van der Waals surface area contributed by atoms with Crippen LogP contribution < -0.4 is 0 Å². The van der Waals surface area contributed by atoms with E-state index in [1.807, 2.05) is 31.3 Å². The standard InChI is InChI=1S/C18H19N3O2S/c1-3-24(22,23)16-7-5-4-6-14(16)17-20-15-10-12(2)11-19-18(15)21(17)13-8-9-13/h4-7,10-11,13H,3,8-9H2,1-2H3. The third-order valence-corrected chi connectivity index (χ3v) is 6.21. The zero-order chi connectivity index (χ0) is 16.9. The van der Waals surface area contributed by atoms with Crippen molar-refractivity contribution in [2.45, 2.75) is 37.6 Å². The number of pyridine rings is 1. The summed E-state index contributed by atoms with van der Waals surface area (Å²) in [6.07, 6.45) is 3.99. The minimum atomic E-state index is -3.32. The van der Waals surface area contributed by atoms with Crippen molar-refractivity contribution < 1.29 is 8.42 Å². The summed E-state index contributed by atoms with van der Waals surface area (Å²) in [7, 11) is -3.32. The Morgan fingerprint density at radius 1 is 1.25 bits per heavy atom.